The Hall–Kier alpha value is -3.99. The minimum absolute atomic E-state index is 0.145. The van der Waals surface area contributed by atoms with Crippen LogP contribution in [0, 0.1) is 11.3 Å². The summed E-state index contributed by atoms with van der Waals surface area (Å²) >= 11 is 7.55. The molecule has 0 bridgehead atoms. The summed E-state index contributed by atoms with van der Waals surface area (Å²) in [5.74, 6) is -0.145. The summed E-state index contributed by atoms with van der Waals surface area (Å²) < 4.78 is 1.94. The number of carbonyl (C=O) groups is 1. The van der Waals surface area contributed by atoms with Gasteiger partial charge in [0.05, 0.1) is 35.6 Å². The van der Waals surface area contributed by atoms with Crippen molar-refractivity contribution in [1.82, 2.24) is 14.5 Å². The van der Waals surface area contributed by atoms with Crippen LogP contribution in [0.25, 0.3) is 27.4 Å². The molecule has 0 aliphatic rings. The monoisotopic (exact) mass is 483 g/mol. The molecular formula is C26H18ClN5OS. The van der Waals surface area contributed by atoms with E-state index < -0.39 is 0 Å². The number of benzene rings is 3. The Labute approximate surface area is 205 Å². The zero-order chi connectivity index (χ0) is 23.5. The van der Waals surface area contributed by atoms with Crippen LogP contribution < -0.4 is 5.32 Å². The number of anilines is 1. The quantitative estimate of drug-likeness (QED) is 0.318. The molecule has 0 unspecified atom stereocenters. The highest BCUT2D eigenvalue weighted by atomic mass is 35.5. The standard InChI is InChI=1S/C26H18ClN5OS/c27-19-9-7-18(8-10-19)25-23(15-24(33)30-20-11-5-17(6-12-20)13-14-28)34-26(31-25)32-16-29-21-3-1-2-4-22(21)32/h1-12,16H,13,15H2,(H,30,33). The number of nitrogens with one attached hydrogen (secondary N) is 1. The maximum atomic E-state index is 12.9. The van der Waals surface area contributed by atoms with Gasteiger partial charge in [-0.25, -0.2) is 9.97 Å². The van der Waals surface area contributed by atoms with E-state index in [4.69, 9.17) is 21.8 Å². The van der Waals surface area contributed by atoms with E-state index in [1.807, 2.05) is 65.2 Å². The van der Waals surface area contributed by atoms with Crippen molar-refractivity contribution in [2.75, 3.05) is 5.32 Å². The first kappa shape index (κ1) is 21.8. The van der Waals surface area contributed by atoms with Gasteiger partial charge in [0.15, 0.2) is 5.13 Å². The summed E-state index contributed by atoms with van der Waals surface area (Å²) in [4.78, 5) is 23.1. The minimum Gasteiger partial charge on any atom is -0.326 e. The van der Waals surface area contributed by atoms with Crippen LogP contribution in [0.15, 0.2) is 79.1 Å². The van der Waals surface area contributed by atoms with Gasteiger partial charge in [-0.15, -0.1) is 11.3 Å². The van der Waals surface area contributed by atoms with Crippen LogP contribution in [0.4, 0.5) is 5.69 Å². The SMILES string of the molecule is N#CCc1ccc(NC(=O)Cc2sc(-n3cnc4ccccc43)nc2-c2ccc(Cl)cc2)cc1. The van der Waals surface area contributed by atoms with Crippen LogP contribution in [0.3, 0.4) is 0 Å². The lowest BCUT2D eigenvalue weighted by Crippen LogP contribution is -2.14. The summed E-state index contributed by atoms with van der Waals surface area (Å²) in [7, 11) is 0. The molecule has 5 aromatic rings. The Kier molecular flexibility index (Phi) is 6.09. The molecule has 1 amide bonds. The van der Waals surface area contributed by atoms with Gasteiger partial charge < -0.3 is 5.32 Å². The smallest absolute Gasteiger partial charge is 0.229 e. The second-order valence-electron chi connectivity index (χ2n) is 7.64. The van der Waals surface area contributed by atoms with Gasteiger partial charge in [-0.05, 0) is 42.0 Å². The maximum absolute atomic E-state index is 12.9. The highest BCUT2D eigenvalue weighted by Gasteiger charge is 2.18. The van der Waals surface area contributed by atoms with Crippen LogP contribution >= 0.6 is 22.9 Å². The summed E-state index contributed by atoms with van der Waals surface area (Å²) in [6, 6.07) is 24.7. The van der Waals surface area contributed by atoms with Crippen molar-refractivity contribution in [3.05, 3.63) is 94.6 Å². The van der Waals surface area contributed by atoms with E-state index in [1.54, 1.807) is 18.5 Å². The molecule has 3 aromatic carbocycles. The van der Waals surface area contributed by atoms with Crippen LogP contribution in [-0.2, 0) is 17.6 Å². The average molecular weight is 484 g/mol. The number of carbonyl (C=O) groups excluding carboxylic acids is 1. The maximum Gasteiger partial charge on any atom is 0.229 e. The van der Waals surface area contributed by atoms with Crippen molar-refractivity contribution >= 4 is 45.6 Å². The normalized spacial score (nSPS) is 10.8. The number of amides is 1. The zero-order valence-corrected chi connectivity index (χ0v) is 19.5. The number of imidazole rings is 1. The predicted molar refractivity (Wildman–Crippen MR) is 135 cm³/mol. The molecule has 2 heterocycles. The Morgan fingerprint density at radius 3 is 2.59 bits per heavy atom. The van der Waals surface area contributed by atoms with Crippen LogP contribution in [0.1, 0.15) is 10.4 Å². The van der Waals surface area contributed by atoms with Gasteiger partial charge in [0.2, 0.25) is 5.91 Å². The molecule has 0 spiro atoms. The first-order valence-electron chi connectivity index (χ1n) is 10.5. The number of fused-ring (bicyclic) bond motifs is 1. The van der Waals surface area contributed by atoms with E-state index in [0.717, 1.165) is 37.9 Å². The van der Waals surface area contributed by atoms with Crippen molar-refractivity contribution in [2.24, 2.45) is 0 Å². The summed E-state index contributed by atoms with van der Waals surface area (Å²) in [5.41, 5.74) is 5.06. The highest BCUT2D eigenvalue weighted by Crippen LogP contribution is 2.33. The molecule has 166 valence electrons. The molecule has 34 heavy (non-hydrogen) atoms. The summed E-state index contributed by atoms with van der Waals surface area (Å²) in [6.45, 7) is 0. The van der Waals surface area contributed by atoms with Crippen molar-refractivity contribution in [2.45, 2.75) is 12.8 Å². The molecule has 5 rings (SSSR count). The van der Waals surface area contributed by atoms with Gasteiger partial charge in [0.25, 0.3) is 0 Å². The molecule has 0 saturated heterocycles. The lowest BCUT2D eigenvalue weighted by atomic mass is 10.1. The fourth-order valence-corrected chi connectivity index (χ4v) is 4.85. The van der Waals surface area contributed by atoms with Crippen LogP contribution in [0.2, 0.25) is 5.02 Å². The molecule has 0 aliphatic heterocycles. The number of para-hydroxylation sites is 2. The van der Waals surface area contributed by atoms with E-state index in [0.29, 0.717) is 17.1 Å². The van der Waals surface area contributed by atoms with Gasteiger partial charge in [0, 0.05) is 21.2 Å². The highest BCUT2D eigenvalue weighted by molar-refractivity contribution is 7.14. The molecule has 0 radical (unpaired) electrons. The third kappa shape index (κ3) is 4.55. The van der Waals surface area contributed by atoms with Crippen molar-refractivity contribution < 1.29 is 4.79 Å². The van der Waals surface area contributed by atoms with Crippen LogP contribution in [0.5, 0.6) is 0 Å². The van der Waals surface area contributed by atoms with Gasteiger partial charge >= 0.3 is 0 Å². The Morgan fingerprint density at radius 2 is 1.82 bits per heavy atom. The molecule has 0 saturated carbocycles. The summed E-state index contributed by atoms with van der Waals surface area (Å²) in [6.07, 6.45) is 2.26. The third-order valence-corrected chi connectivity index (χ3v) is 6.61. The molecule has 0 aliphatic carbocycles. The van der Waals surface area contributed by atoms with Crippen molar-refractivity contribution in [3.63, 3.8) is 0 Å². The van der Waals surface area contributed by atoms with Gasteiger partial charge in [-0.1, -0.05) is 48.0 Å². The largest absolute Gasteiger partial charge is 0.326 e. The number of nitriles is 1. The first-order valence-corrected chi connectivity index (χ1v) is 11.7. The molecule has 0 atom stereocenters. The fourth-order valence-electron chi connectivity index (χ4n) is 3.66. The number of aromatic nitrogens is 3. The van der Waals surface area contributed by atoms with Gasteiger partial charge in [0.1, 0.15) is 6.33 Å². The van der Waals surface area contributed by atoms with Crippen molar-refractivity contribution in [1.29, 1.82) is 5.26 Å². The number of nitrogens with zero attached hydrogens (tertiary/aromatic N) is 4. The fraction of sp³-hybridized carbons (Fsp3) is 0.0769. The first-order chi connectivity index (χ1) is 16.6. The van der Waals surface area contributed by atoms with Gasteiger partial charge in [-0.2, -0.15) is 5.26 Å². The van der Waals surface area contributed by atoms with Gasteiger partial charge in [-0.3, -0.25) is 9.36 Å². The van der Waals surface area contributed by atoms with Crippen LogP contribution in [-0.4, -0.2) is 20.4 Å². The summed E-state index contributed by atoms with van der Waals surface area (Å²) in [5, 5.41) is 13.1. The predicted octanol–water partition coefficient (Wildman–Crippen LogP) is 6.05. The average Bonchev–Trinajstić information content (AvgIpc) is 3.45. The third-order valence-electron chi connectivity index (χ3n) is 5.31. The molecule has 2 aromatic heterocycles. The van der Waals surface area contributed by atoms with E-state index in [1.165, 1.54) is 11.3 Å². The number of rotatable bonds is 6. The molecule has 8 heteroatoms. The lowest BCUT2D eigenvalue weighted by Gasteiger charge is -2.06. The Morgan fingerprint density at radius 1 is 1.06 bits per heavy atom. The van der Waals surface area contributed by atoms with E-state index >= 15 is 0 Å². The second kappa shape index (κ2) is 9.48. The number of hydrogen-bond acceptors (Lipinski definition) is 5. The Bertz CT molecular complexity index is 1510. The second-order valence-corrected chi connectivity index (χ2v) is 9.13. The van der Waals surface area contributed by atoms with E-state index in [-0.39, 0.29) is 12.3 Å². The zero-order valence-electron chi connectivity index (χ0n) is 17.9. The molecule has 6 nitrogen and oxygen atoms in total. The van der Waals surface area contributed by atoms with E-state index in [9.17, 15) is 4.79 Å². The van der Waals surface area contributed by atoms with E-state index in [2.05, 4.69) is 16.4 Å². The Balaban J connectivity index is 1.47. The number of thiazole rings is 1. The minimum atomic E-state index is -0.145. The molecule has 0 fully saturated rings. The lowest BCUT2D eigenvalue weighted by molar-refractivity contribution is -0.115. The number of hydrogen-bond donors (Lipinski definition) is 1. The molecular weight excluding hydrogens is 466 g/mol. The topological polar surface area (TPSA) is 83.6 Å². The molecule has 1 N–H and O–H groups in total. The number of halogens is 1. The van der Waals surface area contributed by atoms with Crippen molar-refractivity contribution in [3.8, 4) is 22.5 Å².